The Morgan fingerprint density at radius 3 is 2.95 bits per heavy atom. The average molecular weight is 316 g/mol. The van der Waals surface area contributed by atoms with Crippen LogP contribution in [0.15, 0.2) is 35.8 Å². The second-order valence-corrected chi connectivity index (χ2v) is 6.69. The Labute approximate surface area is 134 Å². The summed E-state index contributed by atoms with van der Waals surface area (Å²) in [6, 6.07) is 7.57. The van der Waals surface area contributed by atoms with E-state index in [4.69, 9.17) is 0 Å². The fourth-order valence-corrected chi connectivity index (χ4v) is 4.06. The molecule has 2 atom stereocenters. The third-order valence-electron chi connectivity index (χ3n) is 4.28. The van der Waals surface area contributed by atoms with Crippen LogP contribution in [0.2, 0.25) is 0 Å². The van der Waals surface area contributed by atoms with Gasteiger partial charge in [-0.2, -0.15) is 0 Å². The van der Waals surface area contributed by atoms with Gasteiger partial charge in [0.25, 0.3) is 0 Å². The molecule has 0 spiro atoms. The molecule has 1 saturated heterocycles. The van der Waals surface area contributed by atoms with Crippen molar-refractivity contribution in [3.8, 4) is 0 Å². The van der Waals surface area contributed by atoms with E-state index < -0.39 is 12.0 Å². The molecule has 1 aliphatic heterocycles. The molecule has 2 unspecified atom stereocenters. The van der Waals surface area contributed by atoms with Crippen molar-refractivity contribution < 1.29 is 9.90 Å². The third-order valence-corrected chi connectivity index (χ3v) is 5.21. The molecule has 0 aromatic carbocycles. The summed E-state index contributed by atoms with van der Waals surface area (Å²) in [7, 11) is 0. The van der Waals surface area contributed by atoms with E-state index in [0.717, 1.165) is 35.5 Å². The largest absolute Gasteiger partial charge is 0.480 e. The van der Waals surface area contributed by atoms with Gasteiger partial charge in [0.1, 0.15) is 6.04 Å². The Kier molecular flexibility index (Phi) is 4.55. The van der Waals surface area contributed by atoms with Gasteiger partial charge >= 0.3 is 5.97 Å². The van der Waals surface area contributed by atoms with Crippen LogP contribution in [0.1, 0.15) is 41.4 Å². The average Bonchev–Trinajstić information content (AvgIpc) is 3.04. The van der Waals surface area contributed by atoms with Crippen LogP contribution in [0, 0.1) is 6.92 Å². The molecule has 1 fully saturated rings. The van der Waals surface area contributed by atoms with Crippen molar-refractivity contribution in [1.29, 1.82) is 0 Å². The summed E-state index contributed by atoms with van der Waals surface area (Å²) in [4.78, 5) is 19.6. The number of aromatic nitrogens is 1. The van der Waals surface area contributed by atoms with Gasteiger partial charge < -0.3 is 5.11 Å². The highest BCUT2D eigenvalue weighted by Crippen LogP contribution is 2.36. The Hall–Kier alpha value is -1.72. The number of aryl methyl sites for hydroxylation is 1. The van der Waals surface area contributed by atoms with Crippen molar-refractivity contribution in [3.05, 3.63) is 52.0 Å². The highest BCUT2D eigenvalue weighted by Gasteiger charge is 2.36. The van der Waals surface area contributed by atoms with Gasteiger partial charge in [-0.15, -0.1) is 11.3 Å². The van der Waals surface area contributed by atoms with E-state index in [1.54, 1.807) is 17.5 Å². The van der Waals surface area contributed by atoms with Crippen molar-refractivity contribution in [3.63, 3.8) is 0 Å². The molecule has 0 bridgehead atoms. The molecule has 0 aliphatic carbocycles. The number of carboxylic acids is 1. The van der Waals surface area contributed by atoms with E-state index in [-0.39, 0.29) is 6.04 Å². The summed E-state index contributed by atoms with van der Waals surface area (Å²) in [5, 5.41) is 11.7. The van der Waals surface area contributed by atoms with Crippen molar-refractivity contribution in [2.24, 2.45) is 0 Å². The zero-order valence-corrected chi connectivity index (χ0v) is 13.4. The SMILES string of the molecule is Cc1cccnc1C(c1cccs1)N1CCCCC1C(=O)O. The molecule has 1 N–H and O–H groups in total. The minimum Gasteiger partial charge on any atom is -0.480 e. The van der Waals surface area contributed by atoms with Crippen LogP contribution >= 0.6 is 11.3 Å². The first kappa shape index (κ1) is 15.2. The number of nitrogens with zero attached hydrogens (tertiary/aromatic N) is 2. The second-order valence-electron chi connectivity index (χ2n) is 5.71. The molecular weight excluding hydrogens is 296 g/mol. The van der Waals surface area contributed by atoms with Crippen LogP contribution in [-0.4, -0.2) is 33.5 Å². The summed E-state index contributed by atoms with van der Waals surface area (Å²) in [5.41, 5.74) is 2.08. The molecule has 2 aromatic heterocycles. The number of likely N-dealkylation sites (tertiary alicyclic amines) is 1. The van der Waals surface area contributed by atoms with Gasteiger partial charge in [-0.3, -0.25) is 14.7 Å². The fourth-order valence-electron chi connectivity index (χ4n) is 3.21. The van der Waals surface area contributed by atoms with Crippen LogP contribution < -0.4 is 0 Å². The minimum atomic E-state index is -0.727. The predicted octanol–water partition coefficient (Wildman–Crippen LogP) is 3.48. The highest BCUT2D eigenvalue weighted by molar-refractivity contribution is 7.10. The Balaban J connectivity index is 2.05. The van der Waals surface area contributed by atoms with Crippen molar-refractivity contribution in [2.75, 3.05) is 6.54 Å². The van der Waals surface area contributed by atoms with E-state index in [9.17, 15) is 9.90 Å². The summed E-state index contributed by atoms with van der Waals surface area (Å²) in [6.45, 7) is 2.85. The highest BCUT2D eigenvalue weighted by atomic mass is 32.1. The van der Waals surface area contributed by atoms with Gasteiger partial charge in [0.15, 0.2) is 0 Å². The lowest BCUT2D eigenvalue weighted by atomic mass is 9.96. The number of carboxylic acid groups (broad SMARTS) is 1. The molecule has 0 amide bonds. The minimum absolute atomic E-state index is 0.0670. The van der Waals surface area contributed by atoms with Crippen LogP contribution in [0.25, 0.3) is 0 Å². The van der Waals surface area contributed by atoms with Crippen LogP contribution in [0.5, 0.6) is 0 Å². The monoisotopic (exact) mass is 316 g/mol. The number of hydrogen-bond donors (Lipinski definition) is 1. The molecule has 5 heteroatoms. The maximum atomic E-state index is 11.7. The van der Waals surface area contributed by atoms with E-state index >= 15 is 0 Å². The topological polar surface area (TPSA) is 53.4 Å². The number of pyridine rings is 1. The molecular formula is C17H20N2O2S. The number of piperidine rings is 1. The lowest BCUT2D eigenvalue weighted by Gasteiger charge is -2.38. The van der Waals surface area contributed by atoms with Crippen molar-refractivity contribution >= 4 is 17.3 Å². The quantitative estimate of drug-likeness (QED) is 0.938. The van der Waals surface area contributed by atoms with E-state index in [1.165, 1.54) is 0 Å². The smallest absolute Gasteiger partial charge is 0.320 e. The molecule has 0 radical (unpaired) electrons. The first-order valence-electron chi connectivity index (χ1n) is 7.62. The first-order valence-corrected chi connectivity index (χ1v) is 8.50. The Morgan fingerprint density at radius 2 is 2.27 bits per heavy atom. The Morgan fingerprint density at radius 1 is 1.41 bits per heavy atom. The number of thiophene rings is 1. The standard InChI is InChI=1S/C17H20N2O2S/c1-12-6-4-9-18-15(12)16(14-8-5-11-22-14)19-10-3-2-7-13(19)17(20)21/h4-6,8-9,11,13,16H,2-3,7,10H2,1H3,(H,20,21). The summed E-state index contributed by atoms with van der Waals surface area (Å²) in [6.07, 6.45) is 4.52. The zero-order valence-electron chi connectivity index (χ0n) is 12.6. The molecule has 3 heterocycles. The number of rotatable bonds is 4. The molecule has 2 aromatic rings. The summed E-state index contributed by atoms with van der Waals surface area (Å²) in [5.74, 6) is -0.727. The molecule has 0 saturated carbocycles. The van der Waals surface area contributed by atoms with Gasteiger partial charge in [0, 0.05) is 17.6 Å². The Bertz CT molecular complexity index is 642. The van der Waals surface area contributed by atoms with Gasteiger partial charge in [-0.25, -0.2) is 0 Å². The van der Waals surface area contributed by atoms with Crippen molar-refractivity contribution in [1.82, 2.24) is 9.88 Å². The lowest BCUT2D eigenvalue weighted by Crippen LogP contribution is -2.47. The number of aliphatic carboxylic acids is 1. The maximum Gasteiger partial charge on any atom is 0.320 e. The van der Waals surface area contributed by atoms with Crippen LogP contribution in [0.4, 0.5) is 0 Å². The zero-order chi connectivity index (χ0) is 15.5. The van der Waals surface area contributed by atoms with Gasteiger partial charge in [-0.1, -0.05) is 18.6 Å². The molecule has 3 rings (SSSR count). The number of hydrogen-bond acceptors (Lipinski definition) is 4. The third kappa shape index (κ3) is 2.91. The van der Waals surface area contributed by atoms with Crippen molar-refractivity contribution in [2.45, 2.75) is 38.3 Å². The fraction of sp³-hybridized carbons (Fsp3) is 0.412. The van der Waals surface area contributed by atoms with Gasteiger partial charge in [-0.05, 0) is 42.8 Å². The predicted molar refractivity (Wildman–Crippen MR) is 87.1 cm³/mol. The lowest BCUT2D eigenvalue weighted by molar-refractivity contribution is -0.145. The number of carbonyl (C=O) groups is 1. The summed E-state index contributed by atoms with van der Waals surface area (Å²) < 4.78 is 0. The first-order chi connectivity index (χ1) is 10.7. The molecule has 1 aliphatic rings. The molecule has 116 valence electrons. The molecule has 22 heavy (non-hydrogen) atoms. The maximum absolute atomic E-state index is 11.7. The van der Waals surface area contributed by atoms with E-state index in [2.05, 4.69) is 16.0 Å². The second kappa shape index (κ2) is 6.58. The van der Waals surface area contributed by atoms with E-state index in [0.29, 0.717) is 6.42 Å². The normalized spacial score (nSPS) is 20.7. The van der Waals surface area contributed by atoms with Gasteiger partial charge in [0.2, 0.25) is 0 Å². The van der Waals surface area contributed by atoms with E-state index in [1.807, 2.05) is 30.5 Å². The van der Waals surface area contributed by atoms with Gasteiger partial charge in [0.05, 0.1) is 11.7 Å². The summed E-state index contributed by atoms with van der Waals surface area (Å²) >= 11 is 1.67. The molecule has 4 nitrogen and oxygen atoms in total. The van der Waals surface area contributed by atoms with Crippen LogP contribution in [0.3, 0.4) is 0 Å². The van der Waals surface area contributed by atoms with Crippen LogP contribution in [-0.2, 0) is 4.79 Å².